The van der Waals surface area contributed by atoms with Gasteiger partial charge < -0.3 is 16.0 Å². The van der Waals surface area contributed by atoms with Crippen molar-refractivity contribution in [2.45, 2.75) is 32.2 Å². The summed E-state index contributed by atoms with van der Waals surface area (Å²) in [5.74, 6) is 0. The Hall–Kier alpha value is -1.13. The van der Waals surface area contributed by atoms with Crippen molar-refractivity contribution in [3.05, 3.63) is 23.0 Å². The predicted octanol–water partition coefficient (Wildman–Crippen LogP) is 2.38. The number of nitrogens with two attached hydrogens (primary N) is 1. The van der Waals surface area contributed by atoms with Crippen LogP contribution in [0, 0.1) is 12.3 Å². The molecular formula is C13H19ClN4. The van der Waals surface area contributed by atoms with Gasteiger partial charge in [-0.25, -0.2) is 0 Å². The molecule has 0 radical (unpaired) electrons. The molecule has 0 spiro atoms. The summed E-state index contributed by atoms with van der Waals surface area (Å²) >= 11 is 6.22. The van der Waals surface area contributed by atoms with Crippen LogP contribution in [0.4, 0.5) is 5.69 Å². The number of anilines is 1. The molecule has 1 aromatic heterocycles. The summed E-state index contributed by atoms with van der Waals surface area (Å²) in [6.07, 6.45) is 5.09. The zero-order valence-corrected chi connectivity index (χ0v) is 11.6. The number of hydrogen-bond donors (Lipinski definition) is 2. The van der Waals surface area contributed by atoms with Gasteiger partial charge in [0.2, 0.25) is 0 Å². The molecule has 2 heterocycles. The molecule has 98 valence electrons. The Morgan fingerprint density at radius 2 is 2.06 bits per heavy atom. The second-order valence-electron chi connectivity index (χ2n) is 5.06. The van der Waals surface area contributed by atoms with Crippen molar-refractivity contribution in [2.24, 2.45) is 5.73 Å². The molecule has 0 saturated carbocycles. The van der Waals surface area contributed by atoms with Crippen LogP contribution in [0.1, 0.15) is 25.3 Å². The minimum atomic E-state index is -0.441. The number of halogens is 1. The monoisotopic (exact) mass is 266 g/mol. The van der Waals surface area contributed by atoms with Gasteiger partial charge in [-0.2, -0.15) is 0 Å². The number of aromatic nitrogens is 1. The van der Waals surface area contributed by atoms with E-state index in [1.54, 1.807) is 13.1 Å². The smallest absolute Gasteiger partial charge is 0.0825 e. The molecule has 3 N–H and O–H groups in total. The van der Waals surface area contributed by atoms with E-state index in [4.69, 9.17) is 22.7 Å². The normalized spacial score (nSPS) is 18.8. The van der Waals surface area contributed by atoms with Crippen molar-refractivity contribution in [2.75, 3.05) is 18.0 Å². The topological polar surface area (TPSA) is 66.0 Å². The van der Waals surface area contributed by atoms with Crippen LogP contribution in [0.5, 0.6) is 0 Å². The van der Waals surface area contributed by atoms with E-state index in [-0.39, 0.29) is 0 Å². The number of nitrogens with zero attached hydrogens (tertiary/aromatic N) is 2. The lowest BCUT2D eigenvalue weighted by molar-refractivity contribution is 0.428. The second kappa shape index (κ2) is 4.86. The van der Waals surface area contributed by atoms with E-state index in [1.807, 2.05) is 13.1 Å². The van der Waals surface area contributed by atoms with E-state index in [0.717, 1.165) is 37.2 Å². The van der Waals surface area contributed by atoms with Crippen molar-refractivity contribution in [1.29, 1.82) is 5.41 Å². The Balaban J connectivity index is 2.18. The van der Waals surface area contributed by atoms with Crippen molar-refractivity contribution >= 4 is 23.0 Å². The van der Waals surface area contributed by atoms with Crippen molar-refractivity contribution in [1.82, 2.24) is 4.98 Å². The van der Waals surface area contributed by atoms with Crippen LogP contribution < -0.4 is 10.6 Å². The maximum atomic E-state index is 7.76. The van der Waals surface area contributed by atoms with Gasteiger partial charge in [0.25, 0.3) is 0 Å². The first-order chi connectivity index (χ1) is 8.44. The SMILES string of the molecule is CC(=N)C1(N)CCN(c2c(C)cncc2Cl)CC1. The van der Waals surface area contributed by atoms with Gasteiger partial charge in [0.05, 0.1) is 16.2 Å². The highest BCUT2D eigenvalue weighted by atomic mass is 35.5. The third-order valence-electron chi connectivity index (χ3n) is 3.77. The van der Waals surface area contributed by atoms with Crippen LogP contribution in [0.15, 0.2) is 12.4 Å². The summed E-state index contributed by atoms with van der Waals surface area (Å²) in [7, 11) is 0. The molecule has 1 saturated heterocycles. The van der Waals surface area contributed by atoms with E-state index in [9.17, 15) is 0 Å². The highest BCUT2D eigenvalue weighted by molar-refractivity contribution is 6.33. The molecule has 0 unspecified atom stereocenters. The van der Waals surface area contributed by atoms with Gasteiger partial charge in [-0.05, 0) is 32.3 Å². The summed E-state index contributed by atoms with van der Waals surface area (Å²) < 4.78 is 0. The lowest BCUT2D eigenvalue weighted by Gasteiger charge is -2.40. The van der Waals surface area contributed by atoms with Crippen LogP contribution in [0.2, 0.25) is 5.02 Å². The van der Waals surface area contributed by atoms with Gasteiger partial charge in [-0.1, -0.05) is 11.6 Å². The number of pyridine rings is 1. The van der Waals surface area contributed by atoms with Crippen LogP contribution in [-0.4, -0.2) is 29.3 Å². The van der Waals surface area contributed by atoms with Crippen LogP contribution >= 0.6 is 11.6 Å². The molecule has 0 amide bonds. The highest BCUT2D eigenvalue weighted by Gasteiger charge is 2.33. The van der Waals surface area contributed by atoms with Crippen LogP contribution in [0.3, 0.4) is 0 Å². The van der Waals surface area contributed by atoms with E-state index >= 15 is 0 Å². The molecule has 1 aliphatic rings. The lowest BCUT2D eigenvalue weighted by atomic mass is 9.84. The summed E-state index contributed by atoms with van der Waals surface area (Å²) in [4.78, 5) is 6.32. The van der Waals surface area contributed by atoms with Gasteiger partial charge in [-0.15, -0.1) is 0 Å². The van der Waals surface area contributed by atoms with Gasteiger partial charge in [0.15, 0.2) is 0 Å². The molecular weight excluding hydrogens is 248 g/mol. The molecule has 0 aliphatic carbocycles. The molecule has 0 atom stereocenters. The molecule has 5 heteroatoms. The van der Waals surface area contributed by atoms with Gasteiger partial charge >= 0.3 is 0 Å². The van der Waals surface area contributed by atoms with E-state index in [2.05, 4.69) is 9.88 Å². The average Bonchev–Trinajstić information content (AvgIpc) is 2.31. The number of nitrogens with one attached hydrogen (secondary N) is 1. The Morgan fingerprint density at radius 1 is 1.44 bits per heavy atom. The minimum Gasteiger partial charge on any atom is -0.370 e. The minimum absolute atomic E-state index is 0.441. The van der Waals surface area contributed by atoms with Crippen LogP contribution in [-0.2, 0) is 0 Å². The molecule has 0 bridgehead atoms. The Labute approximate surface area is 113 Å². The van der Waals surface area contributed by atoms with Crippen molar-refractivity contribution < 1.29 is 0 Å². The highest BCUT2D eigenvalue weighted by Crippen LogP contribution is 2.32. The average molecular weight is 267 g/mol. The first-order valence-corrected chi connectivity index (χ1v) is 6.51. The fourth-order valence-corrected chi connectivity index (χ4v) is 2.75. The Bertz CT molecular complexity index is 444. The lowest BCUT2D eigenvalue weighted by Crippen LogP contribution is -2.54. The number of rotatable bonds is 2. The maximum Gasteiger partial charge on any atom is 0.0825 e. The first kappa shape index (κ1) is 13.3. The predicted molar refractivity (Wildman–Crippen MR) is 75.8 cm³/mol. The number of piperidine rings is 1. The summed E-state index contributed by atoms with van der Waals surface area (Å²) in [6.45, 7) is 5.47. The van der Waals surface area contributed by atoms with E-state index in [1.165, 1.54) is 0 Å². The largest absolute Gasteiger partial charge is 0.370 e. The van der Waals surface area contributed by atoms with Gasteiger partial charge in [0.1, 0.15) is 0 Å². The fraction of sp³-hybridized carbons (Fsp3) is 0.538. The molecule has 1 aliphatic heterocycles. The molecule has 0 aromatic carbocycles. The second-order valence-corrected chi connectivity index (χ2v) is 5.46. The third-order valence-corrected chi connectivity index (χ3v) is 4.05. The summed E-state index contributed by atoms with van der Waals surface area (Å²) in [6, 6.07) is 0. The fourth-order valence-electron chi connectivity index (χ4n) is 2.43. The Kier molecular flexibility index (Phi) is 3.59. The number of aryl methyl sites for hydroxylation is 1. The third kappa shape index (κ3) is 2.35. The molecule has 4 nitrogen and oxygen atoms in total. The first-order valence-electron chi connectivity index (χ1n) is 6.13. The molecule has 2 rings (SSSR count). The van der Waals surface area contributed by atoms with E-state index in [0.29, 0.717) is 10.7 Å². The quantitative estimate of drug-likeness (QED) is 0.808. The van der Waals surface area contributed by atoms with Gasteiger partial charge in [-0.3, -0.25) is 4.98 Å². The van der Waals surface area contributed by atoms with E-state index < -0.39 is 5.54 Å². The maximum absolute atomic E-state index is 7.76. The zero-order chi connectivity index (χ0) is 13.3. The molecule has 18 heavy (non-hydrogen) atoms. The Morgan fingerprint density at radius 3 is 2.56 bits per heavy atom. The number of hydrogen-bond acceptors (Lipinski definition) is 4. The molecule has 1 aromatic rings. The van der Waals surface area contributed by atoms with Crippen molar-refractivity contribution in [3.63, 3.8) is 0 Å². The van der Waals surface area contributed by atoms with Crippen LogP contribution in [0.25, 0.3) is 0 Å². The molecule has 1 fully saturated rings. The zero-order valence-electron chi connectivity index (χ0n) is 10.8. The van der Waals surface area contributed by atoms with Crippen molar-refractivity contribution in [3.8, 4) is 0 Å². The van der Waals surface area contributed by atoms with Gasteiger partial charge in [0, 0.05) is 31.2 Å². The standard InChI is InChI=1S/C13H19ClN4/c1-9-7-17-8-11(14)12(9)18-5-3-13(16,4-6-18)10(2)15/h7-8,15H,3-6,16H2,1-2H3. The summed E-state index contributed by atoms with van der Waals surface area (Å²) in [5, 5.41) is 8.45. The summed E-state index contributed by atoms with van der Waals surface area (Å²) in [5.41, 5.74) is 8.48.